The van der Waals surface area contributed by atoms with E-state index in [4.69, 9.17) is 9.15 Å². The highest BCUT2D eigenvalue weighted by molar-refractivity contribution is 7.92. The van der Waals surface area contributed by atoms with Crippen LogP contribution in [0.5, 0.6) is 5.75 Å². The summed E-state index contributed by atoms with van der Waals surface area (Å²) in [4.78, 5) is 11.3. The second-order valence-corrected chi connectivity index (χ2v) is 7.85. The smallest absolute Gasteiger partial charge is 0.416 e. The summed E-state index contributed by atoms with van der Waals surface area (Å²) in [5.74, 6) is -0.761. The first kappa shape index (κ1) is 22.2. The van der Waals surface area contributed by atoms with Crippen molar-refractivity contribution in [3.63, 3.8) is 0 Å². The van der Waals surface area contributed by atoms with Crippen molar-refractivity contribution in [2.24, 2.45) is 0 Å². The second-order valence-electron chi connectivity index (χ2n) is 6.20. The topological polar surface area (TPSA) is 94.8 Å². The predicted molar refractivity (Wildman–Crippen MR) is 104 cm³/mol. The third-order valence-corrected chi connectivity index (χ3v) is 5.64. The van der Waals surface area contributed by atoms with Crippen molar-refractivity contribution in [1.29, 1.82) is 0 Å². The zero-order chi connectivity index (χ0) is 22.8. The van der Waals surface area contributed by atoms with Gasteiger partial charge in [-0.05, 0) is 48.5 Å². The van der Waals surface area contributed by atoms with Crippen LogP contribution in [-0.2, 0) is 20.9 Å². The molecular weight excluding hydrogens is 439 g/mol. The van der Waals surface area contributed by atoms with Gasteiger partial charge in [-0.2, -0.15) is 13.2 Å². The van der Waals surface area contributed by atoms with Gasteiger partial charge < -0.3 is 13.9 Å². The lowest BCUT2D eigenvalue weighted by atomic mass is 10.1. The fraction of sp³-hybridized carbons (Fsp3) is 0.150. The van der Waals surface area contributed by atoms with E-state index in [9.17, 15) is 26.4 Å². The Morgan fingerprint density at radius 2 is 1.81 bits per heavy atom. The number of nitrogens with one attached hydrogen (secondary N) is 1. The van der Waals surface area contributed by atoms with E-state index in [0.717, 1.165) is 25.3 Å². The normalized spacial score (nSPS) is 11.8. The molecule has 7 nitrogen and oxygen atoms in total. The molecule has 31 heavy (non-hydrogen) atoms. The molecule has 1 aromatic heterocycles. The molecule has 0 spiro atoms. The van der Waals surface area contributed by atoms with Gasteiger partial charge in [-0.1, -0.05) is 0 Å². The lowest BCUT2D eigenvalue weighted by molar-refractivity contribution is -0.137. The predicted octanol–water partition coefficient (Wildman–Crippen LogP) is 4.56. The second kappa shape index (κ2) is 8.34. The molecule has 0 aliphatic carbocycles. The molecule has 2 aromatic carbocycles. The maximum absolute atomic E-state index is 13.2. The number of benzene rings is 2. The molecule has 3 rings (SSSR count). The minimum Gasteiger partial charge on any atom is -0.495 e. The maximum Gasteiger partial charge on any atom is 0.416 e. The van der Waals surface area contributed by atoms with E-state index >= 15 is 0 Å². The Labute approximate surface area is 175 Å². The number of halogens is 3. The molecule has 0 bridgehead atoms. The molecule has 0 unspecified atom stereocenters. The Bertz CT molecular complexity index is 1200. The highest BCUT2D eigenvalue weighted by Crippen LogP contribution is 2.37. The number of rotatable bonds is 6. The molecule has 0 saturated heterocycles. The summed E-state index contributed by atoms with van der Waals surface area (Å²) in [5.41, 5.74) is -1.42. The average Bonchev–Trinajstić information content (AvgIpc) is 3.26. The molecule has 164 valence electrons. The van der Waals surface area contributed by atoms with Gasteiger partial charge in [0.1, 0.15) is 16.4 Å². The van der Waals surface area contributed by atoms with E-state index in [2.05, 4.69) is 9.46 Å². The van der Waals surface area contributed by atoms with E-state index in [1.807, 2.05) is 0 Å². The summed E-state index contributed by atoms with van der Waals surface area (Å²) in [6.07, 6.45) is -3.40. The minimum atomic E-state index is -4.70. The van der Waals surface area contributed by atoms with Crippen LogP contribution in [0.15, 0.2) is 64.1 Å². The molecule has 1 heterocycles. The largest absolute Gasteiger partial charge is 0.495 e. The highest BCUT2D eigenvalue weighted by atomic mass is 32.2. The lowest BCUT2D eigenvalue weighted by Crippen LogP contribution is -2.17. The number of methoxy groups -OCH3 is 2. The van der Waals surface area contributed by atoms with E-state index in [1.165, 1.54) is 37.6 Å². The molecule has 0 radical (unpaired) electrons. The van der Waals surface area contributed by atoms with Crippen molar-refractivity contribution in [2.75, 3.05) is 18.9 Å². The van der Waals surface area contributed by atoms with Gasteiger partial charge in [0.05, 0.1) is 37.3 Å². The zero-order valence-electron chi connectivity index (χ0n) is 16.2. The number of esters is 1. The van der Waals surface area contributed by atoms with Crippen LogP contribution in [0.2, 0.25) is 0 Å². The number of anilines is 1. The monoisotopic (exact) mass is 455 g/mol. The number of hydrogen-bond acceptors (Lipinski definition) is 6. The van der Waals surface area contributed by atoms with Gasteiger partial charge in [-0.25, -0.2) is 13.2 Å². The molecule has 3 aromatic rings. The van der Waals surface area contributed by atoms with Gasteiger partial charge in [0.15, 0.2) is 0 Å². The van der Waals surface area contributed by atoms with Crippen molar-refractivity contribution in [1.82, 2.24) is 0 Å². The highest BCUT2D eigenvalue weighted by Gasteiger charge is 2.32. The summed E-state index contributed by atoms with van der Waals surface area (Å²) in [6, 6.07) is 9.09. The summed E-state index contributed by atoms with van der Waals surface area (Å²) >= 11 is 0. The van der Waals surface area contributed by atoms with E-state index in [0.29, 0.717) is 6.07 Å². The van der Waals surface area contributed by atoms with Crippen molar-refractivity contribution in [3.8, 4) is 17.1 Å². The van der Waals surface area contributed by atoms with Gasteiger partial charge in [-0.15, -0.1) is 0 Å². The number of alkyl halides is 3. The quantitative estimate of drug-likeness (QED) is 0.548. The zero-order valence-corrected chi connectivity index (χ0v) is 17.0. The molecule has 0 saturated carbocycles. The molecule has 0 aliphatic heterocycles. The summed E-state index contributed by atoms with van der Waals surface area (Å²) in [6.45, 7) is 0. The lowest BCUT2D eigenvalue weighted by Gasteiger charge is -2.16. The van der Waals surface area contributed by atoms with Crippen molar-refractivity contribution in [2.45, 2.75) is 11.1 Å². The number of carbonyl (C=O) groups is 1. The first-order chi connectivity index (χ1) is 14.6. The van der Waals surface area contributed by atoms with Crippen LogP contribution < -0.4 is 9.46 Å². The molecule has 1 N–H and O–H groups in total. The van der Waals surface area contributed by atoms with Crippen molar-refractivity contribution in [3.05, 3.63) is 65.9 Å². The fourth-order valence-corrected chi connectivity index (χ4v) is 4.05. The van der Waals surface area contributed by atoms with Crippen LogP contribution in [0.4, 0.5) is 18.9 Å². The molecule has 11 heteroatoms. The Morgan fingerprint density at radius 3 is 2.39 bits per heavy atom. The average molecular weight is 455 g/mol. The summed E-state index contributed by atoms with van der Waals surface area (Å²) < 4.78 is 82.8. The van der Waals surface area contributed by atoms with E-state index < -0.39 is 32.6 Å². The Kier molecular flexibility index (Phi) is 5.98. The van der Waals surface area contributed by atoms with Crippen LogP contribution in [0.25, 0.3) is 11.3 Å². The SMILES string of the molecule is COC(=O)c1ccc(OC)c(S(=O)(=O)Nc2cc(C(F)(F)F)ccc2-c2ccco2)c1. The number of furan rings is 1. The van der Waals surface area contributed by atoms with Crippen molar-refractivity contribution < 1.29 is 40.3 Å². The standard InChI is InChI=1S/C20H16F3NO6S/c1-28-17-8-5-12(19(25)29-2)10-18(17)31(26,27)24-15-11-13(20(21,22)23)6-7-14(15)16-4-3-9-30-16/h3-11,24H,1-2H3. The summed E-state index contributed by atoms with van der Waals surface area (Å²) in [7, 11) is -2.15. The van der Waals surface area contributed by atoms with Crippen molar-refractivity contribution >= 4 is 21.7 Å². The first-order valence-electron chi connectivity index (χ1n) is 8.61. The van der Waals surface area contributed by atoms with Crippen LogP contribution in [0, 0.1) is 0 Å². The first-order valence-corrected chi connectivity index (χ1v) is 10.1. The Balaban J connectivity index is 2.14. The Morgan fingerprint density at radius 1 is 1.06 bits per heavy atom. The van der Waals surface area contributed by atoms with E-state index in [-0.39, 0.29) is 28.3 Å². The fourth-order valence-electron chi connectivity index (χ4n) is 2.78. The number of hydrogen-bond donors (Lipinski definition) is 1. The molecule has 0 atom stereocenters. The van der Waals surface area contributed by atoms with Gasteiger partial charge in [0.2, 0.25) is 0 Å². The molecular formula is C20H16F3NO6S. The molecule has 0 fully saturated rings. The molecule has 0 amide bonds. The van der Waals surface area contributed by atoms with Gasteiger partial charge in [-0.3, -0.25) is 4.72 Å². The maximum atomic E-state index is 13.2. The van der Waals surface area contributed by atoms with Crippen LogP contribution in [0.1, 0.15) is 15.9 Å². The van der Waals surface area contributed by atoms with Crippen LogP contribution >= 0.6 is 0 Å². The van der Waals surface area contributed by atoms with E-state index in [1.54, 1.807) is 0 Å². The number of ether oxygens (including phenoxy) is 2. The number of sulfonamides is 1. The third-order valence-electron chi connectivity index (χ3n) is 4.25. The van der Waals surface area contributed by atoms with Gasteiger partial charge >= 0.3 is 12.1 Å². The minimum absolute atomic E-state index is 0.0843. The number of carbonyl (C=O) groups excluding carboxylic acids is 1. The molecule has 0 aliphatic rings. The van der Waals surface area contributed by atoms with Crippen LogP contribution in [0.3, 0.4) is 0 Å². The third kappa shape index (κ3) is 4.66. The van der Waals surface area contributed by atoms with Gasteiger partial charge in [0.25, 0.3) is 10.0 Å². The Hall–Kier alpha value is -3.47. The van der Waals surface area contributed by atoms with Gasteiger partial charge in [0, 0.05) is 5.56 Å². The van der Waals surface area contributed by atoms with Crippen LogP contribution in [-0.4, -0.2) is 28.6 Å². The summed E-state index contributed by atoms with van der Waals surface area (Å²) in [5, 5.41) is 0.